The Bertz CT molecular complexity index is 1040. The third-order valence-corrected chi connectivity index (χ3v) is 6.79. The maximum atomic E-state index is 14.0. The zero-order valence-corrected chi connectivity index (χ0v) is 16.3. The number of alkyl halides is 2. The topological polar surface area (TPSA) is 55.4 Å². The van der Waals surface area contributed by atoms with Crippen LogP contribution in [0.3, 0.4) is 0 Å². The van der Waals surface area contributed by atoms with Crippen molar-refractivity contribution in [1.29, 1.82) is 0 Å². The van der Waals surface area contributed by atoms with E-state index in [1.807, 2.05) is 0 Å². The van der Waals surface area contributed by atoms with Crippen LogP contribution in [0.2, 0.25) is 0 Å². The Balaban J connectivity index is 2.01. The summed E-state index contributed by atoms with van der Waals surface area (Å²) in [4.78, 5) is -1.16. The standard InChI is InChI=1S/C20H19F4NO3S/c1-3-13(29(26,27)16-6-4-5-15(21)17(16)22)8-7-12-11-28-18-14(12)9-10-25-20(18,2)19(23)24/h3-8,19,25H,1,9-11H2,2H3/b12-7+,13-8+. The molecular weight excluding hydrogens is 410 g/mol. The van der Waals surface area contributed by atoms with E-state index in [1.54, 1.807) is 0 Å². The molecule has 9 heteroatoms. The Kier molecular flexibility index (Phi) is 5.73. The van der Waals surface area contributed by atoms with Crippen LogP contribution in [0.25, 0.3) is 0 Å². The molecule has 0 radical (unpaired) electrons. The van der Waals surface area contributed by atoms with E-state index >= 15 is 0 Å². The molecule has 0 amide bonds. The summed E-state index contributed by atoms with van der Waals surface area (Å²) < 4.78 is 85.2. The van der Waals surface area contributed by atoms with Gasteiger partial charge in [0.2, 0.25) is 9.84 Å². The maximum Gasteiger partial charge on any atom is 0.263 e. The average Bonchev–Trinajstić information content (AvgIpc) is 3.09. The van der Waals surface area contributed by atoms with Gasteiger partial charge in [0.05, 0.1) is 4.91 Å². The molecule has 0 aromatic heterocycles. The number of hydrogen-bond donors (Lipinski definition) is 1. The molecule has 3 rings (SSSR count). The quantitative estimate of drug-likeness (QED) is 0.567. The third kappa shape index (κ3) is 3.64. The molecule has 29 heavy (non-hydrogen) atoms. The Hall–Kier alpha value is -2.39. The third-order valence-electron chi connectivity index (χ3n) is 4.98. The van der Waals surface area contributed by atoms with Gasteiger partial charge >= 0.3 is 0 Å². The minimum absolute atomic E-state index is 0.00392. The monoisotopic (exact) mass is 429 g/mol. The Morgan fingerprint density at radius 1 is 1.34 bits per heavy atom. The van der Waals surface area contributed by atoms with Gasteiger partial charge in [0.1, 0.15) is 22.8 Å². The fourth-order valence-electron chi connectivity index (χ4n) is 3.33. The number of rotatable bonds is 5. The lowest BCUT2D eigenvalue weighted by atomic mass is 9.89. The Morgan fingerprint density at radius 2 is 2.07 bits per heavy atom. The molecule has 156 valence electrons. The highest BCUT2D eigenvalue weighted by atomic mass is 32.2. The molecule has 2 aliphatic heterocycles. The van der Waals surface area contributed by atoms with Crippen molar-refractivity contribution in [3.63, 3.8) is 0 Å². The molecule has 1 aromatic rings. The molecule has 1 N–H and O–H groups in total. The minimum atomic E-state index is -4.37. The van der Waals surface area contributed by atoms with Crippen LogP contribution in [0, 0.1) is 11.6 Å². The van der Waals surface area contributed by atoms with Gasteiger partial charge in [0.25, 0.3) is 6.43 Å². The van der Waals surface area contributed by atoms with Crippen molar-refractivity contribution in [2.75, 3.05) is 13.2 Å². The lowest BCUT2D eigenvalue weighted by Gasteiger charge is -2.34. The van der Waals surface area contributed by atoms with Crippen LogP contribution < -0.4 is 5.32 Å². The van der Waals surface area contributed by atoms with Gasteiger partial charge in [0, 0.05) is 6.54 Å². The maximum absolute atomic E-state index is 14.0. The predicted octanol–water partition coefficient (Wildman–Crippen LogP) is 4.04. The van der Waals surface area contributed by atoms with Crippen LogP contribution in [0.1, 0.15) is 13.3 Å². The van der Waals surface area contributed by atoms with Crippen LogP contribution in [0.4, 0.5) is 17.6 Å². The normalized spacial score (nSPS) is 24.1. The molecule has 1 atom stereocenters. The number of sulfone groups is 1. The highest BCUT2D eigenvalue weighted by molar-refractivity contribution is 7.95. The van der Waals surface area contributed by atoms with Gasteiger partial charge < -0.3 is 4.74 Å². The van der Waals surface area contributed by atoms with E-state index in [2.05, 4.69) is 11.9 Å². The van der Waals surface area contributed by atoms with E-state index in [1.165, 1.54) is 19.1 Å². The molecule has 2 heterocycles. The van der Waals surface area contributed by atoms with Crippen molar-refractivity contribution in [3.05, 3.63) is 76.5 Å². The van der Waals surface area contributed by atoms with E-state index in [4.69, 9.17) is 4.74 Å². The number of ether oxygens (including phenoxy) is 1. The summed E-state index contributed by atoms with van der Waals surface area (Å²) in [5, 5.41) is 2.76. The van der Waals surface area contributed by atoms with Gasteiger partial charge in [-0.1, -0.05) is 24.8 Å². The first kappa shape index (κ1) is 21.3. The Morgan fingerprint density at radius 3 is 2.72 bits per heavy atom. The second kappa shape index (κ2) is 7.79. The molecule has 0 saturated carbocycles. The van der Waals surface area contributed by atoms with Gasteiger partial charge in [-0.25, -0.2) is 26.0 Å². The molecule has 1 aromatic carbocycles. The van der Waals surface area contributed by atoms with Crippen molar-refractivity contribution in [3.8, 4) is 0 Å². The van der Waals surface area contributed by atoms with Crippen molar-refractivity contribution >= 4 is 9.84 Å². The van der Waals surface area contributed by atoms with E-state index in [-0.39, 0.29) is 17.3 Å². The molecule has 0 fully saturated rings. The van der Waals surface area contributed by atoms with E-state index in [0.717, 1.165) is 24.3 Å². The van der Waals surface area contributed by atoms with Crippen molar-refractivity contribution in [2.24, 2.45) is 0 Å². The lowest BCUT2D eigenvalue weighted by molar-refractivity contribution is 0.0244. The highest BCUT2D eigenvalue weighted by Crippen LogP contribution is 2.40. The second-order valence-corrected chi connectivity index (χ2v) is 8.71. The summed E-state index contributed by atoms with van der Waals surface area (Å²) in [6.45, 7) is 5.09. The summed E-state index contributed by atoms with van der Waals surface area (Å²) >= 11 is 0. The second-order valence-electron chi connectivity index (χ2n) is 6.80. The fourth-order valence-corrected chi connectivity index (χ4v) is 4.64. The predicted molar refractivity (Wildman–Crippen MR) is 99.9 cm³/mol. The van der Waals surface area contributed by atoms with Crippen molar-refractivity contribution in [2.45, 2.75) is 30.2 Å². The largest absolute Gasteiger partial charge is 0.491 e. The first-order valence-corrected chi connectivity index (χ1v) is 10.2. The summed E-state index contributed by atoms with van der Waals surface area (Å²) in [7, 11) is -4.37. The van der Waals surface area contributed by atoms with Crippen LogP contribution in [-0.4, -0.2) is 33.5 Å². The molecular formula is C20H19F4NO3S. The molecule has 0 spiro atoms. The van der Waals surface area contributed by atoms with Gasteiger partial charge in [-0.2, -0.15) is 0 Å². The van der Waals surface area contributed by atoms with Crippen LogP contribution in [0.15, 0.2) is 69.7 Å². The summed E-state index contributed by atoms with van der Waals surface area (Å²) in [6, 6.07) is 2.86. The molecule has 0 saturated heterocycles. The van der Waals surface area contributed by atoms with E-state index < -0.39 is 38.3 Å². The molecule has 4 nitrogen and oxygen atoms in total. The smallest absolute Gasteiger partial charge is 0.263 e. The van der Waals surface area contributed by atoms with Crippen LogP contribution in [0.5, 0.6) is 0 Å². The number of hydrogen-bond acceptors (Lipinski definition) is 4. The fraction of sp³-hybridized carbons (Fsp3) is 0.300. The van der Waals surface area contributed by atoms with Gasteiger partial charge in [0.15, 0.2) is 11.6 Å². The SMILES string of the molecule is C=C/C(=C\C=C1/COC2=C1CCNC2(C)C(F)F)S(=O)(=O)c1cccc(F)c1F. The lowest BCUT2D eigenvalue weighted by Crippen LogP contribution is -2.53. The first-order valence-electron chi connectivity index (χ1n) is 8.75. The zero-order chi connectivity index (χ0) is 21.4. The molecule has 2 aliphatic rings. The average molecular weight is 429 g/mol. The zero-order valence-electron chi connectivity index (χ0n) is 15.5. The van der Waals surface area contributed by atoms with Crippen LogP contribution in [-0.2, 0) is 14.6 Å². The van der Waals surface area contributed by atoms with E-state index in [0.29, 0.717) is 24.1 Å². The summed E-state index contributed by atoms with van der Waals surface area (Å²) in [5.74, 6) is -2.63. The number of allylic oxidation sites excluding steroid dienone is 3. The first-order chi connectivity index (χ1) is 13.6. The van der Waals surface area contributed by atoms with Gasteiger partial charge in [-0.15, -0.1) is 0 Å². The minimum Gasteiger partial charge on any atom is -0.491 e. The molecule has 1 unspecified atom stereocenters. The molecule has 0 aliphatic carbocycles. The number of halogens is 4. The number of nitrogens with one attached hydrogen (secondary N) is 1. The Labute approximate surface area is 166 Å². The number of benzene rings is 1. The van der Waals surface area contributed by atoms with Crippen molar-refractivity contribution in [1.82, 2.24) is 5.32 Å². The molecule has 0 bridgehead atoms. The highest BCUT2D eigenvalue weighted by Gasteiger charge is 2.46. The van der Waals surface area contributed by atoms with Crippen LogP contribution >= 0.6 is 0 Å². The van der Waals surface area contributed by atoms with Crippen molar-refractivity contribution < 1.29 is 30.7 Å². The van der Waals surface area contributed by atoms with Gasteiger partial charge in [-0.3, -0.25) is 5.32 Å². The van der Waals surface area contributed by atoms with E-state index in [9.17, 15) is 26.0 Å². The summed E-state index contributed by atoms with van der Waals surface area (Å²) in [5.41, 5.74) is -0.492. The van der Waals surface area contributed by atoms with Gasteiger partial charge in [-0.05, 0) is 42.7 Å². The summed E-state index contributed by atoms with van der Waals surface area (Å²) in [6.07, 6.45) is 1.36.